The standard InChI is InChI=1S/C20H27NS/c1-3-20(18-12-8-5-9-13-18)22(21-2)15-14-19(16-22)17-10-6-4-7-11-17/h3,5,8-9,12-17,21H,4,6-7,10-11H2,1-2H3. The highest BCUT2D eigenvalue weighted by Gasteiger charge is 2.29. The summed E-state index contributed by atoms with van der Waals surface area (Å²) in [7, 11) is 0.931. The molecule has 0 bridgehead atoms. The molecule has 0 saturated heterocycles. The van der Waals surface area contributed by atoms with Crippen LogP contribution in [0, 0.1) is 5.92 Å². The second-order valence-corrected chi connectivity index (χ2v) is 8.96. The zero-order valence-corrected chi connectivity index (χ0v) is 14.5. The van der Waals surface area contributed by atoms with E-state index in [0.29, 0.717) is 0 Å². The monoisotopic (exact) mass is 313 g/mol. The third-order valence-electron chi connectivity index (χ3n) is 4.90. The minimum absolute atomic E-state index is 0.779. The summed E-state index contributed by atoms with van der Waals surface area (Å²) < 4.78 is 3.65. The molecule has 2 aliphatic rings. The molecule has 1 N–H and O–H groups in total. The first-order valence-electron chi connectivity index (χ1n) is 8.42. The third kappa shape index (κ3) is 2.95. The average Bonchev–Trinajstić information content (AvgIpc) is 3.03. The molecule has 1 aromatic carbocycles. The zero-order valence-electron chi connectivity index (χ0n) is 13.7. The molecule has 1 atom stereocenters. The zero-order chi connectivity index (χ0) is 15.4. The number of hydrogen-bond donors (Lipinski definition) is 1. The molecule has 1 nitrogen and oxygen atoms in total. The Morgan fingerprint density at radius 2 is 1.86 bits per heavy atom. The first-order valence-corrected chi connectivity index (χ1v) is 10.2. The Balaban J connectivity index is 1.93. The van der Waals surface area contributed by atoms with Crippen LogP contribution in [0.25, 0.3) is 4.91 Å². The van der Waals surface area contributed by atoms with E-state index in [-0.39, 0.29) is 0 Å². The fourth-order valence-electron chi connectivity index (χ4n) is 3.68. The van der Waals surface area contributed by atoms with Gasteiger partial charge in [-0.1, -0.05) is 61.7 Å². The van der Waals surface area contributed by atoms with E-state index in [1.807, 2.05) is 0 Å². The number of rotatable bonds is 4. The summed E-state index contributed by atoms with van der Waals surface area (Å²) in [6, 6.07) is 10.8. The molecule has 1 aromatic rings. The Morgan fingerprint density at radius 3 is 2.50 bits per heavy atom. The quantitative estimate of drug-likeness (QED) is 0.721. The van der Waals surface area contributed by atoms with E-state index in [9.17, 15) is 0 Å². The molecule has 1 fully saturated rings. The predicted molar refractivity (Wildman–Crippen MR) is 101 cm³/mol. The Bertz CT molecular complexity index is 593. The Labute approximate surface area is 136 Å². The molecule has 0 aromatic heterocycles. The summed E-state index contributed by atoms with van der Waals surface area (Å²) in [5, 5.41) is 4.98. The van der Waals surface area contributed by atoms with Gasteiger partial charge in [-0.25, -0.2) is 0 Å². The van der Waals surface area contributed by atoms with E-state index >= 15 is 0 Å². The lowest BCUT2D eigenvalue weighted by molar-refractivity contribution is 0.409. The highest BCUT2D eigenvalue weighted by molar-refractivity contribution is 8.44. The second kappa shape index (κ2) is 6.89. The van der Waals surface area contributed by atoms with Crippen LogP contribution in [0.5, 0.6) is 0 Å². The summed E-state index contributed by atoms with van der Waals surface area (Å²) in [4.78, 5) is 1.43. The lowest BCUT2D eigenvalue weighted by atomic mass is 9.84. The van der Waals surface area contributed by atoms with Gasteiger partial charge in [-0.15, -0.1) is 10.2 Å². The molecule has 2 heteroatoms. The molecular formula is C20H27NS. The first-order chi connectivity index (χ1) is 10.8. The molecule has 0 spiro atoms. The largest absolute Gasteiger partial charge is 0.274 e. The van der Waals surface area contributed by atoms with Crippen LogP contribution in [0.15, 0.2) is 58.9 Å². The maximum Gasteiger partial charge on any atom is 0.0127 e. The molecule has 0 radical (unpaired) electrons. The number of nitrogens with one attached hydrogen (secondary N) is 1. The van der Waals surface area contributed by atoms with E-state index in [4.69, 9.17) is 0 Å². The van der Waals surface area contributed by atoms with Crippen molar-refractivity contribution in [2.75, 3.05) is 7.05 Å². The molecule has 22 heavy (non-hydrogen) atoms. The minimum atomic E-state index is -1.17. The molecule has 0 amide bonds. The van der Waals surface area contributed by atoms with Crippen LogP contribution < -0.4 is 4.72 Å². The van der Waals surface area contributed by atoms with Gasteiger partial charge in [0, 0.05) is 4.91 Å². The minimum Gasteiger partial charge on any atom is -0.274 e. The molecule has 3 rings (SSSR count). The van der Waals surface area contributed by atoms with Gasteiger partial charge in [-0.3, -0.25) is 4.72 Å². The van der Waals surface area contributed by atoms with E-state index in [2.05, 4.69) is 72.0 Å². The summed E-state index contributed by atoms with van der Waals surface area (Å²) in [5.74, 6) is 0.779. The highest BCUT2D eigenvalue weighted by atomic mass is 32.3. The van der Waals surface area contributed by atoms with Crippen molar-refractivity contribution in [1.29, 1.82) is 0 Å². The predicted octanol–water partition coefficient (Wildman–Crippen LogP) is 5.98. The van der Waals surface area contributed by atoms with Crippen LogP contribution in [0.4, 0.5) is 0 Å². The first kappa shape index (κ1) is 15.6. The van der Waals surface area contributed by atoms with Crippen molar-refractivity contribution in [3.05, 3.63) is 64.4 Å². The van der Waals surface area contributed by atoms with Gasteiger partial charge in [-0.2, -0.15) is 0 Å². The van der Waals surface area contributed by atoms with Crippen LogP contribution in [-0.4, -0.2) is 7.05 Å². The maximum absolute atomic E-state index is 3.65. The second-order valence-electron chi connectivity index (χ2n) is 6.19. The molecule has 1 saturated carbocycles. The van der Waals surface area contributed by atoms with Crippen LogP contribution in [0.2, 0.25) is 0 Å². The molecule has 1 aliphatic carbocycles. The SMILES string of the molecule is CC=C(c1ccccc1)S1(NC)C=CC(C2CCCCC2)=C1. The van der Waals surface area contributed by atoms with Gasteiger partial charge in [-0.05, 0) is 54.7 Å². The number of hydrogen-bond acceptors (Lipinski definition) is 1. The van der Waals surface area contributed by atoms with Crippen molar-refractivity contribution in [3.63, 3.8) is 0 Å². The van der Waals surface area contributed by atoms with E-state index in [1.165, 1.54) is 42.6 Å². The summed E-state index contributed by atoms with van der Waals surface area (Å²) >= 11 is 0. The average molecular weight is 314 g/mol. The fraction of sp³-hybridized carbons (Fsp3) is 0.400. The van der Waals surface area contributed by atoms with Crippen molar-refractivity contribution in [2.45, 2.75) is 39.0 Å². The van der Waals surface area contributed by atoms with Gasteiger partial charge in [0.25, 0.3) is 0 Å². The van der Waals surface area contributed by atoms with Crippen LogP contribution in [0.3, 0.4) is 0 Å². The molecule has 118 valence electrons. The van der Waals surface area contributed by atoms with Crippen molar-refractivity contribution >= 4 is 15.1 Å². The van der Waals surface area contributed by atoms with Crippen molar-refractivity contribution in [2.24, 2.45) is 5.92 Å². The van der Waals surface area contributed by atoms with Gasteiger partial charge in [0.2, 0.25) is 0 Å². The maximum atomic E-state index is 3.65. The normalized spacial score (nSPS) is 29.2. The molecular weight excluding hydrogens is 286 g/mol. The Hall–Kier alpha value is -1.25. The molecule has 1 heterocycles. The summed E-state index contributed by atoms with van der Waals surface area (Å²) in [6.45, 7) is 2.16. The van der Waals surface area contributed by atoms with Gasteiger partial charge >= 0.3 is 0 Å². The topological polar surface area (TPSA) is 12.0 Å². The van der Waals surface area contributed by atoms with Gasteiger partial charge in [0.1, 0.15) is 0 Å². The van der Waals surface area contributed by atoms with Gasteiger partial charge in [0.05, 0.1) is 0 Å². The fourth-order valence-corrected chi connectivity index (χ4v) is 6.49. The summed E-state index contributed by atoms with van der Waals surface area (Å²) in [5.41, 5.74) is 2.90. The van der Waals surface area contributed by atoms with Crippen LogP contribution in [-0.2, 0) is 0 Å². The number of allylic oxidation sites excluding steroid dienone is 3. The van der Waals surface area contributed by atoms with Crippen molar-refractivity contribution in [1.82, 2.24) is 4.72 Å². The third-order valence-corrected chi connectivity index (χ3v) is 7.98. The van der Waals surface area contributed by atoms with Crippen LogP contribution >= 0.6 is 10.2 Å². The molecule has 1 unspecified atom stereocenters. The van der Waals surface area contributed by atoms with Crippen molar-refractivity contribution in [3.8, 4) is 0 Å². The molecule has 1 aliphatic heterocycles. The van der Waals surface area contributed by atoms with E-state index in [1.54, 1.807) is 5.57 Å². The van der Waals surface area contributed by atoms with Gasteiger partial charge < -0.3 is 0 Å². The van der Waals surface area contributed by atoms with Gasteiger partial charge in [0.15, 0.2) is 0 Å². The Kier molecular flexibility index (Phi) is 4.90. The van der Waals surface area contributed by atoms with E-state index in [0.717, 1.165) is 5.92 Å². The highest BCUT2D eigenvalue weighted by Crippen LogP contribution is 2.63. The number of benzene rings is 1. The van der Waals surface area contributed by atoms with Crippen LogP contribution in [0.1, 0.15) is 44.6 Å². The van der Waals surface area contributed by atoms with Crippen molar-refractivity contribution < 1.29 is 0 Å². The van der Waals surface area contributed by atoms with E-state index < -0.39 is 10.2 Å². The lowest BCUT2D eigenvalue weighted by Gasteiger charge is -2.35. The smallest absolute Gasteiger partial charge is 0.0127 e. The lowest BCUT2D eigenvalue weighted by Crippen LogP contribution is -2.13. The Morgan fingerprint density at radius 1 is 1.14 bits per heavy atom. The summed E-state index contributed by atoms with van der Waals surface area (Å²) in [6.07, 6.45) is 11.6.